The van der Waals surface area contributed by atoms with Crippen LogP contribution in [0.25, 0.3) is 22.0 Å². The van der Waals surface area contributed by atoms with Gasteiger partial charge in [0.25, 0.3) is 6.33 Å². The van der Waals surface area contributed by atoms with Crippen molar-refractivity contribution >= 4 is 33.5 Å². The number of Topliss-reactive ketones (excluding diaryl/α,β-unsaturated/α-hetero) is 1. The summed E-state index contributed by atoms with van der Waals surface area (Å²) in [5, 5.41) is 2.02. The Morgan fingerprint density at radius 2 is 1.77 bits per heavy atom. The third-order valence-electron chi connectivity index (χ3n) is 4.87. The Morgan fingerprint density at radius 1 is 0.967 bits per heavy atom. The summed E-state index contributed by atoms with van der Waals surface area (Å²) in [6.45, 7) is 0.223. The molecule has 0 spiro atoms. The lowest BCUT2D eigenvalue weighted by Crippen LogP contribution is -2.37. The van der Waals surface area contributed by atoms with Crippen LogP contribution in [0.15, 0.2) is 79.3 Å². The van der Waals surface area contributed by atoms with Gasteiger partial charge in [0.2, 0.25) is 5.78 Å². The average Bonchev–Trinajstić information content (AvgIpc) is 2.78. The number of aromatic nitrogens is 2. The van der Waals surface area contributed by atoms with Gasteiger partial charge in [-0.3, -0.25) is 4.79 Å². The van der Waals surface area contributed by atoms with Gasteiger partial charge in [0.05, 0.1) is 26.0 Å². The van der Waals surface area contributed by atoms with E-state index < -0.39 is 0 Å². The van der Waals surface area contributed by atoms with E-state index in [1.165, 1.54) is 0 Å². The van der Waals surface area contributed by atoms with Crippen LogP contribution in [0.4, 0.5) is 0 Å². The number of carbonyl (C=O) groups excluding carboxylic acids is 1. The molecule has 0 aliphatic carbocycles. The normalized spacial score (nSPS) is 10.3. The Hall–Kier alpha value is -3.25. The predicted octanol–water partition coefficient (Wildman–Crippen LogP) is 4.67. The van der Waals surface area contributed by atoms with Gasteiger partial charge < -0.3 is 9.47 Å². The molecule has 0 fully saturated rings. The van der Waals surface area contributed by atoms with Crippen molar-refractivity contribution in [1.82, 2.24) is 4.98 Å². The number of hydrogen-bond donors (Lipinski definition) is 0. The molecule has 0 unspecified atom stereocenters. The Bertz CT molecular complexity index is 1170. The number of halogens is 1. The Kier molecular flexibility index (Phi) is 6.79. The summed E-state index contributed by atoms with van der Waals surface area (Å²) in [5.41, 5.74) is 2.34. The third kappa shape index (κ3) is 4.33. The lowest BCUT2D eigenvalue weighted by Gasteiger charge is -2.08. The SMILES string of the molecule is Br.COc1ccc(-c2cc[n+](CC(=O)c3cccc4ccccc34)cn2)c(OC)c1. The summed E-state index contributed by atoms with van der Waals surface area (Å²) >= 11 is 0. The van der Waals surface area contributed by atoms with Gasteiger partial charge in [0.1, 0.15) is 11.5 Å². The van der Waals surface area contributed by atoms with Gasteiger partial charge in [-0.1, -0.05) is 42.5 Å². The largest absolute Gasteiger partial charge is 0.497 e. The van der Waals surface area contributed by atoms with E-state index in [4.69, 9.17) is 9.47 Å². The van der Waals surface area contributed by atoms with Gasteiger partial charge in [-0.2, -0.15) is 0 Å². The fraction of sp³-hybridized carbons (Fsp3) is 0.125. The Morgan fingerprint density at radius 3 is 2.50 bits per heavy atom. The highest BCUT2D eigenvalue weighted by Crippen LogP contribution is 2.31. The molecule has 1 heterocycles. The highest BCUT2D eigenvalue weighted by molar-refractivity contribution is 8.93. The fourth-order valence-corrected chi connectivity index (χ4v) is 3.37. The molecule has 0 bridgehead atoms. The predicted molar refractivity (Wildman–Crippen MR) is 122 cm³/mol. The second-order valence-electron chi connectivity index (χ2n) is 6.63. The molecule has 0 aliphatic heterocycles. The van der Waals surface area contributed by atoms with Crippen molar-refractivity contribution in [2.75, 3.05) is 14.2 Å². The Balaban J connectivity index is 0.00000256. The van der Waals surface area contributed by atoms with Crippen LogP contribution in [0.2, 0.25) is 0 Å². The van der Waals surface area contributed by atoms with E-state index in [1.807, 2.05) is 72.9 Å². The molecule has 30 heavy (non-hydrogen) atoms. The van der Waals surface area contributed by atoms with Crippen molar-refractivity contribution in [3.8, 4) is 22.8 Å². The van der Waals surface area contributed by atoms with E-state index >= 15 is 0 Å². The first-order valence-electron chi connectivity index (χ1n) is 9.28. The molecule has 6 heteroatoms. The first-order chi connectivity index (χ1) is 14.2. The zero-order valence-corrected chi connectivity index (χ0v) is 18.5. The molecular formula is C24H22BrN2O3+. The van der Waals surface area contributed by atoms with Gasteiger partial charge in [-0.25, -0.2) is 4.57 Å². The number of methoxy groups -OCH3 is 2. The van der Waals surface area contributed by atoms with Crippen molar-refractivity contribution in [3.05, 3.63) is 84.8 Å². The molecule has 0 atom stereocenters. The van der Waals surface area contributed by atoms with Gasteiger partial charge in [-0.15, -0.1) is 17.0 Å². The maximum absolute atomic E-state index is 12.9. The maximum Gasteiger partial charge on any atom is 0.287 e. The molecular weight excluding hydrogens is 444 g/mol. The summed E-state index contributed by atoms with van der Waals surface area (Å²) < 4.78 is 12.5. The number of benzene rings is 3. The number of ether oxygens (including phenoxy) is 2. The van der Waals surface area contributed by atoms with Crippen molar-refractivity contribution in [3.63, 3.8) is 0 Å². The van der Waals surface area contributed by atoms with E-state index in [2.05, 4.69) is 4.98 Å². The second kappa shape index (κ2) is 9.50. The molecule has 0 radical (unpaired) electrons. The molecule has 0 aliphatic rings. The van der Waals surface area contributed by atoms with Crippen LogP contribution in [-0.2, 0) is 6.54 Å². The minimum absolute atomic E-state index is 0. The van der Waals surface area contributed by atoms with Gasteiger partial charge in [-0.05, 0) is 27.9 Å². The molecule has 4 aromatic rings. The first kappa shape index (κ1) is 21.5. The van der Waals surface area contributed by atoms with E-state index in [9.17, 15) is 4.79 Å². The highest BCUT2D eigenvalue weighted by Gasteiger charge is 2.16. The average molecular weight is 466 g/mol. The van der Waals surface area contributed by atoms with Crippen LogP contribution in [0.1, 0.15) is 10.4 Å². The van der Waals surface area contributed by atoms with E-state index in [1.54, 1.807) is 25.1 Å². The number of rotatable bonds is 6. The van der Waals surface area contributed by atoms with Crippen LogP contribution in [0.5, 0.6) is 11.5 Å². The molecule has 0 saturated carbocycles. The second-order valence-corrected chi connectivity index (χ2v) is 6.63. The molecule has 4 rings (SSSR count). The summed E-state index contributed by atoms with van der Waals surface area (Å²) in [4.78, 5) is 17.4. The van der Waals surface area contributed by atoms with Gasteiger partial charge in [0.15, 0.2) is 12.2 Å². The Labute approximate surface area is 185 Å². The molecule has 5 nitrogen and oxygen atoms in total. The standard InChI is InChI=1S/C24H21N2O3.BrH/c1-28-18-10-11-21(24(14-18)29-2)22-12-13-26(16-25-22)15-23(27)20-9-5-7-17-6-3-4-8-19(17)20;/h3-14,16H,15H2,1-2H3;1H/q+1;. The minimum Gasteiger partial charge on any atom is -0.497 e. The maximum atomic E-state index is 12.9. The molecule has 0 N–H and O–H groups in total. The van der Waals surface area contributed by atoms with Crippen LogP contribution < -0.4 is 14.0 Å². The third-order valence-corrected chi connectivity index (χ3v) is 4.87. The zero-order chi connectivity index (χ0) is 20.2. The summed E-state index contributed by atoms with van der Waals surface area (Å²) in [7, 11) is 3.23. The minimum atomic E-state index is 0. The van der Waals surface area contributed by atoms with Crippen LogP contribution in [0, 0.1) is 0 Å². The van der Waals surface area contributed by atoms with Crippen molar-refractivity contribution < 1.29 is 18.8 Å². The van der Waals surface area contributed by atoms with Crippen LogP contribution in [0.3, 0.4) is 0 Å². The topological polar surface area (TPSA) is 52.3 Å². The monoisotopic (exact) mass is 465 g/mol. The summed E-state index contributed by atoms with van der Waals surface area (Å²) in [5.74, 6) is 1.45. The fourth-order valence-electron chi connectivity index (χ4n) is 3.37. The van der Waals surface area contributed by atoms with Crippen molar-refractivity contribution in [2.45, 2.75) is 6.54 Å². The van der Waals surface area contributed by atoms with E-state index in [0.717, 1.165) is 33.3 Å². The molecule has 152 valence electrons. The number of hydrogen-bond acceptors (Lipinski definition) is 4. The molecule has 0 amide bonds. The lowest BCUT2D eigenvalue weighted by atomic mass is 10.0. The van der Waals surface area contributed by atoms with E-state index in [-0.39, 0.29) is 29.3 Å². The van der Waals surface area contributed by atoms with Crippen molar-refractivity contribution in [2.24, 2.45) is 0 Å². The summed E-state index contributed by atoms with van der Waals surface area (Å²) in [6, 6.07) is 21.2. The first-order valence-corrected chi connectivity index (χ1v) is 9.28. The molecule has 1 aromatic heterocycles. The molecule has 3 aromatic carbocycles. The number of carbonyl (C=O) groups is 1. The number of nitrogens with zero attached hydrogens (tertiary/aromatic N) is 2. The zero-order valence-electron chi connectivity index (χ0n) is 16.7. The van der Waals surface area contributed by atoms with Crippen LogP contribution in [-0.4, -0.2) is 25.0 Å². The van der Waals surface area contributed by atoms with Gasteiger partial charge >= 0.3 is 0 Å². The molecule has 0 saturated heterocycles. The number of fused-ring (bicyclic) bond motifs is 1. The van der Waals surface area contributed by atoms with Crippen molar-refractivity contribution in [1.29, 1.82) is 0 Å². The van der Waals surface area contributed by atoms with E-state index in [0.29, 0.717) is 5.75 Å². The quantitative estimate of drug-likeness (QED) is 0.306. The van der Waals surface area contributed by atoms with Crippen LogP contribution >= 0.6 is 17.0 Å². The summed E-state index contributed by atoms with van der Waals surface area (Å²) in [6.07, 6.45) is 3.52. The highest BCUT2D eigenvalue weighted by atomic mass is 79.9. The lowest BCUT2D eigenvalue weighted by molar-refractivity contribution is -0.686. The van der Waals surface area contributed by atoms with Gasteiger partial charge in [0, 0.05) is 17.7 Å². The smallest absolute Gasteiger partial charge is 0.287 e. The number of ketones is 1.